The van der Waals surface area contributed by atoms with Crippen LogP contribution in [0.25, 0.3) is 0 Å². The molecule has 9 heteroatoms. The number of hydrogen-bond donors (Lipinski definition) is 1. The van der Waals surface area contributed by atoms with Crippen molar-refractivity contribution in [3.8, 4) is 0 Å². The number of carbonyl (C=O) groups excluding carboxylic acids is 2. The predicted octanol–water partition coefficient (Wildman–Crippen LogP) is 1.28. The topological polar surface area (TPSA) is 102 Å². The maximum absolute atomic E-state index is 11.9. The number of alkyl carbamates (subject to hydrolysis) is 1. The molecular formula is C14H22N6O3. The number of ether oxygens (including phenoxy) is 1. The Hall–Kier alpha value is -2.45. The number of nitrogens with one attached hydrogen (secondary N) is 1. The third-order valence-electron chi connectivity index (χ3n) is 3.13. The van der Waals surface area contributed by atoms with E-state index in [4.69, 9.17) is 4.74 Å². The molecule has 2 heterocycles. The van der Waals surface area contributed by atoms with Gasteiger partial charge in [0, 0.05) is 19.9 Å². The molecule has 126 valence electrons. The number of hydrazone groups is 1. The normalized spacial score (nSPS) is 16.8. The lowest BCUT2D eigenvalue weighted by Crippen LogP contribution is -2.36. The molecule has 0 saturated heterocycles. The molecule has 0 radical (unpaired) electrons. The first-order chi connectivity index (χ1) is 10.7. The van der Waals surface area contributed by atoms with Crippen LogP contribution in [0.15, 0.2) is 11.4 Å². The molecule has 1 aromatic rings. The Morgan fingerprint density at radius 3 is 2.70 bits per heavy atom. The molecule has 0 aromatic carbocycles. The molecule has 23 heavy (non-hydrogen) atoms. The van der Waals surface area contributed by atoms with E-state index < -0.39 is 17.7 Å². The third-order valence-corrected chi connectivity index (χ3v) is 3.13. The molecule has 0 aliphatic carbocycles. The summed E-state index contributed by atoms with van der Waals surface area (Å²) in [6.45, 7) is 7.17. The van der Waals surface area contributed by atoms with Gasteiger partial charge in [-0.05, 0) is 27.7 Å². The van der Waals surface area contributed by atoms with E-state index >= 15 is 0 Å². The molecule has 9 nitrogen and oxygen atoms in total. The summed E-state index contributed by atoms with van der Waals surface area (Å²) in [5.74, 6) is 1.09. The minimum Gasteiger partial charge on any atom is -0.444 e. The van der Waals surface area contributed by atoms with Crippen LogP contribution in [-0.4, -0.2) is 50.3 Å². The minimum atomic E-state index is -0.575. The summed E-state index contributed by atoms with van der Waals surface area (Å²) in [5, 5.41) is 12.4. The Bertz CT molecular complexity index is 631. The van der Waals surface area contributed by atoms with Gasteiger partial charge in [0.2, 0.25) is 5.91 Å². The van der Waals surface area contributed by atoms with E-state index in [1.54, 1.807) is 39.4 Å². The van der Waals surface area contributed by atoms with Crippen LogP contribution in [0.2, 0.25) is 0 Å². The van der Waals surface area contributed by atoms with Gasteiger partial charge < -0.3 is 10.1 Å². The van der Waals surface area contributed by atoms with Crippen molar-refractivity contribution in [1.29, 1.82) is 0 Å². The number of carbonyl (C=O) groups is 2. The molecule has 2 amide bonds. The summed E-state index contributed by atoms with van der Waals surface area (Å²) in [4.78, 5) is 27.6. The SMILES string of the molecule is C[C@H](NC(=O)OC(C)(C)C)c1ncnn1C1=NN(C)C(=O)CC1. The Kier molecular flexibility index (Phi) is 4.67. The van der Waals surface area contributed by atoms with Gasteiger partial charge in [-0.2, -0.15) is 14.9 Å². The Balaban J connectivity index is 2.13. The monoisotopic (exact) mass is 322 g/mol. The molecule has 0 bridgehead atoms. The zero-order valence-corrected chi connectivity index (χ0v) is 14.0. The predicted molar refractivity (Wildman–Crippen MR) is 82.6 cm³/mol. The molecule has 2 rings (SSSR count). The second kappa shape index (κ2) is 6.35. The van der Waals surface area contributed by atoms with Crippen LogP contribution in [0.3, 0.4) is 0 Å². The van der Waals surface area contributed by atoms with Gasteiger partial charge >= 0.3 is 6.09 Å². The molecule has 1 aliphatic heterocycles. The number of nitrogens with zero attached hydrogens (tertiary/aromatic N) is 5. The van der Waals surface area contributed by atoms with E-state index in [0.29, 0.717) is 24.5 Å². The fourth-order valence-corrected chi connectivity index (χ4v) is 2.10. The molecule has 0 unspecified atom stereocenters. The molecule has 1 aromatic heterocycles. The molecular weight excluding hydrogens is 300 g/mol. The van der Waals surface area contributed by atoms with Crippen LogP contribution in [-0.2, 0) is 9.53 Å². The maximum atomic E-state index is 11.9. The van der Waals surface area contributed by atoms with E-state index in [0.717, 1.165) is 0 Å². The second-order valence-corrected chi connectivity index (χ2v) is 6.33. The molecule has 1 aliphatic rings. The largest absolute Gasteiger partial charge is 0.444 e. The van der Waals surface area contributed by atoms with Crippen molar-refractivity contribution in [3.63, 3.8) is 0 Å². The van der Waals surface area contributed by atoms with Gasteiger partial charge in [0.1, 0.15) is 11.9 Å². The summed E-state index contributed by atoms with van der Waals surface area (Å²) < 4.78 is 6.78. The van der Waals surface area contributed by atoms with E-state index in [1.807, 2.05) is 0 Å². The fraction of sp³-hybridized carbons (Fsp3) is 0.643. The number of hydrogen-bond acceptors (Lipinski definition) is 6. The quantitative estimate of drug-likeness (QED) is 0.883. The zero-order valence-electron chi connectivity index (χ0n) is 14.0. The molecule has 1 N–H and O–H groups in total. The third kappa shape index (κ3) is 4.27. The van der Waals surface area contributed by atoms with E-state index in [1.165, 1.54) is 11.3 Å². The second-order valence-electron chi connectivity index (χ2n) is 6.33. The van der Waals surface area contributed by atoms with Crippen LogP contribution in [0.1, 0.15) is 52.4 Å². The summed E-state index contributed by atoms with van der Waals surface area (Å²) >= 11 is 0. The average Bonchev–Trinajstić information content (AvgIpc) is 2.89. The van der Waals surface area contributed by atoms with Crippen molar-refractivity contribution in [2.75, 3.05) is 7.05 Å². The zero-order chi connectivity index (χ0) is 17.2. The van der Waals surface area contributed by atoms with Gasteiger partial charge in [0.05, 0.1) is 6.04 Å². The summed E-state index contributed by atoms with van der Waals surface area (Å²) in [6, 6.07) is -0.419. The summed E-state index contributed by atoms with van der Waals surface area (Å²) in [5.41, 5.74) is -0.575. The highest BCUT2D eigenvalue weighted by molar-refractivity contribution is 5.92. The van der Waals surface area contributed by atoms with Gasteiger partial charge in [-0.3, -0.25) is 4.79 Å². The standard InChI is InChI=1S/C14H22N6O3/c1-9(17-13(22)23-14(2,3)4)12-15-8-16-20(12)10-6-7-11(21)19(5)18-10/h8-9H,6-7H2,1-5H3,(H,17,22)/t9-/m0/s1. The maximum Gasteiger partial charge on any atom is 0.408 e. The van der Waals surface area contributed by atoms with Gasteiger partial charge in [0.25, 0.3) is 0 Å². The Morgan fingerprint density at radius 2 is 2.09 bits per heavy atom. The van der Waals surface area contributed by atoms with E-state index in [-0.39, 0.29) is 5.91 Å². The summed E-state index contributed by atoms with van der Waals surface area (Å²) in [6.07, 6.45) is 1.69. The van der Waals surface area contributed by atoms with Crippen molar-refractivity contribution in [3.05, 3.63) is 12.2 Å². The first-order valence-electron chi connectivity index (χ1n) is 7.41. The van der Waals surface area contributed by atoms with Crippen molar-refractivity contribution in [2.45, 2.75) is 52.2 Å². The highest BCUT2D eigenvalue weighted by atomic mass is 16.6. The van der Waals surface area contributed by atoms with Crippen LogP contribution in [0.5, 0.6) is 0 Å². The first-order valence-corrected chi connectivity index (χ1v) is 7.41. The van der Waals surface area contributed by atoms with Crippen molar-refractivity contribution < 1.29 is 14.3 Å². The van der Waals surface area contributed by atoms with Crippen molar-refractivity contribution in [2.24, 2.45) is 5.10 Å². The lowest BCUT2D eigenvalue weighted by atomic mass is 10.2. The minimum absolute atomic E-state index is 0.0460. The van der Waals surface area contributed by atoms with Crippen LogP contribution < -0.4 is 5.32 Å². The van der Waals surface area contributed by atoms with Gasteiger partial charge in [-0.25, -0.2) is 14.8 Å². The highest BCUT2D eigenvalue weighted by Crippen LogP contribution is 2.15. The molecule has 0 saturated carbocycles. The van der Waals surface area contributed by atoms with Gasteiger partial charge in [0.15, 0.2) is 11.7 Å². The van der Waals surface area contributed by atoms with Crippen molar-refractivity contribution >= 4 is 17.8 Å². The number of rotatable bonds is 2. The van der Waals surface area contributed by atoms with Crippen LogP contribution in [0.4, 0.5) is 4.79 Å². The van der Waals surface area contributed by atoms with Crippen LogP contribution >= 0.6 is 0 Å². The van der Waals surface area contributed by atoms with Gasteiger partial charge in [-0.15, -0.1) is 0 Å². The number of amides is 2. The fourth-order valence-electron chi connectivity index (χ4n) is 2.10. The van der Waals surface area contributed by atoms with Crippen LogP contribution in [0, 0.1) is 0 Å². The van der Waals surface area contributed by atoms with E-state index in [2.05, 4.69) is 20.5 Å². The molecule has 1 atom stereocenters. The Labute approximate surface area is 134 Å². The highest BCUT2D eigenvalue weighted by Gasteiger charge is 2.25. The lowest BCUT2D eigenvalue weighted by Gasteiger charge is -2.23. The Morgan fingerprint density at radius 1 is 1.39 bits per heavy atom. The van der Waals surface area contributed by atoms with Crippen molar-refractivity contribution in [1.82, 2.24) is 25.1 Å². The lowest BCUT2D eigenvalue weighted by molar-refractivity contribution is -0.130. The first kappa shape index (κ1) is 16.9. The van der Waals surface area contributed by atoms with E-state index in [9.17, 15) is 9.59 Å². The smallest absolute Gasteiger partial charge is 0.408 e. The average molecular weight is 322 g/mol. The van der Waals surface area contributed by atoms with Gasteiger partial charge in [-0.1, -0.05) is 0 Å². The molecule has 0 spiro atoms. The number of aromatic nitrogens is 3. The summed E-state index contributed by atoms with van der Waals surface area (Å²) in [7, 11) is 1.60. The molecule has 0 fully saturated rings.